The quantitative estimate of drug-likeness (QED) is 0.705. The van der Waals surface area contributed by atoms with Crippen LogP contribution in [-0.2, 0) is 11.3 Å². The largest absolute Gasteiger partial charge is 0.388 e. The Hall–Kier alpha value is -2.06. The monoisotopic (exact) mass is 324 g/mol. The van der Waals surface area contributed by atoms with Crippen molar-refractivity contribution in [3.8, 4) is 0 Å². The fraction of sp³-hybridized carbons (Fsp3) is 0.357. The van der Waals surface area contributed by atoms with Gasteiger partial charge in [-0.05, 0) is 36.8 Å². The number of amides is 1. The number of nitrogens with zero attached hydrogens (tertiary/aromatic N) is 2. The van der Waals surface area contributed by atoms with Crippen LogP contribution in [0.4, 0.5) is 4.39 Å². The van der Waals surface area contributed by atoms with E-state index in [1.54, 1.807) is 10.6 Å². The van der Waals surface area contributed by atoms with Gasteiger partial charge in [-0.2, -0.15) is 5.10 Å². The van der Waals surface area contributed by atoms with E-state index in [9.17, 15) is 14.3 Å². The molecule has 0 saturated carbocycles. The molecule has 22 heavy (non-hydrogen) atoms. The van der Waals surface area contributed by atoms with E-state index in [2.05, 4.69) is 15.5 Å². The number of aromatic amines is 1. The van der Waals surface area contributed by atoms with Crippen molar-refractivity contribution in [2.24, 2.45) is 0 Å². The number of rotatable bonds is 6. The van der Waals surface area contributed by atoms with Crippen molar-refractivity contribution in [1.82, 2.24) is 20.1 Å². The summed E-state index contributed by atoms with van der Waals surface area (Å²) in [5.41, 5.74) is 0.378. The zero-order valence-corrected chi connectivity index (χ0v) is 12.9. The molecule has 0 aliphatic rings. The standard InChI is InChI=1S/C14H17FN4O2S/c1-9-17-18-14(22)19(9)6-5-16-13(21)8-12(20)10-3-2-4-11(15)7-10/h2-4,7,12,20H,5-6,8H2,1H3,(H,16,21)(H,18,22). The van der Waals surface area contributed by atoms with Gasteiger partial charge in [0.1, 0.15) is 11.6 Å². The van der Waals surface area contributed by atoms with Gasteiger partial charge in [0, 0.05) is 13.1 Å². The minimum absolute atomic E-state index is 0.126. The fourth-order valence-electron chi connectivity index (χ4n) is 2.05. The van der Waals surface area contributed by atoms with Crippen molar-refractivity contribution in [1.29, 1.82) is 0 Å². The SMILES string of the molecule is Cc1n[nH]c(=S)n1CCNC(=O)CC(O)c1cccc(F)c1. The predicted molar refractivity (Wildman–Crippen MR) is 81.1 cm³/mol. The van der Waals surface area contributed by atoms with Crippen LogP contribution in [-0.4, -0.2) is 32.3 Å². The van der Waals surface area contributed by atoms with Crippen LogP contribution < -0.4 is 5.32 Å². The molecule has 2 aromatic rings. The van der Waals surface area contributed by atoms with Gasteiger partial charge in [0.05, 0.1) is 12.5 Å². The Labute approximate surface area is 132 Å². The fourth-order valence-corrected chi connectivity index (χ4v) is 2.32. The highest BCUT2D eigenvalue weighted by molar-refractivity contribution is 7.71. The number of nitrogens with one attached hydrogen (secondary N) is 2. The maximum Gasteiger partial charge on any atom is 0.223 e. The first-order chi connectivity index (χ1) is 10.5. The Balaban J connectivity index is 1.82. The van der Waals surface area contributed by atoms with E-state index in [-0.39, 0.29) is 12.3 Å². The van der Waals surface area contributed by atoms with Gasteiger partial charge in [0.15, 0.2) is 4.77 Å². The Morgan fingerprint density at radius 2 is 2.36 bits per heavy atom. The van der Waals surface area contributed by atoms with Crippen LogP contribution in [0.2, 0.25) is 0 Å². The summed E-state index contributed by atoms with van der Waals surface area (Å²) in [7, 11) is 0. The van der Waals surface area contributed by atoms with Crippen LogP contribution in [0.3, 0.4) is 0 Å². The van der Waals surface area contributed by atoms with E-state index in [0.717, 1.165) is 5.82 Å². The molecule has 1 atom stereocenters. The number of benzene rings is 1. The van der Waals surface area contributed by atoms with Gasteiger partial charge in [-0.25, -0.2) is 4.39 Å². The van der Waals surface area contributed by atoms with Crippen LogP contribution in [0.5, 0.6) is 0 Å². The number of halogens is 1. The highest BCUT2D eigenvalue weighted by Crippen LogP contribution is 2.17. The highest BCUT2D eigenvalue weighted by Gasteiger charge is 2.13. The van der Waals surface area contributed by atoms with Crippen LogP contribution in [0.15, 0.2) is 24.3 Å². The average molecular weight is 324 g/mol. The van der Waals surface area contributed by atoms with Crippen molar-refractivity contribution in [2.75, 3.05) is 6.54 Å². The number of aliphatic hydroxyl groups is 1. The molecule has 0 fully saturated rings. The van der Waals surface area contributed by atoms with Gasteiger partial charge >= 0.3 is 0 Å². The Bertz CT molecular complexity index is 713. The molecule has 0 aliphatic heterocycles. The van der Waals surface area contributed by atoms with Gasteiger partial charge in [-0.15, -0.1) is 0 Å². The van der Waals surface area contributed by atoms with Gasteiger partial charge in [0.25, 0.3) is 0 Å². The molecule has 0 radical (unpaired) electrons. The summed E-state index contributed by atoms with van der Waals surface area (Å²) < 4.78 is 15.3. The lowest BCUT2D eigenvalue weighted by Gasteiger charge is -2.12. The van der Waals surface area contributed by atoms with Gasteiger partial charge in [0.2, 0.25) is 5.91 Å². The second kappa shape index (κ2) is 7.28. The molecule has 1 unspecified atom stereocenters. The zero-order valence-electron chi connectivity index (χ0n) is 12.0. The minimum Gasteiger partial charge on any atom is -0.388 e. The maximum atomic E-state index is 13.1. The van der Waals surface area contributed by atoms with Gasteiger partial charge in [-0.3, -0.25) is 9.89 Å². The topological polar surface area (TPSA) is 82.9 Å². The molecule has 0 spiro atoms. The second-order valence-electron chi connectivity index (χ2n) is 4.85. The molecule has 6 nitrogen and oxygen atoms in total. The van der Waals surface area contributed by atoms with Crippen LogP contribution >= 0.6 is 12.2 Å². The number of carbonyl (C=O) groups is 1. The Kier molecular flexibility index (Phi) is 5.40. The number of aryl methyl sites for hydroxylation is 1. The molecule has 1 aromatic heterocycles. The van der Waals surface area contributed by atoms with E-state index >= 15 is 0 Å². The van der Waals surface area contributed by atoms with E-state index in [0.29, 0.717) is 23.4 Å². The summed E-state index contributed by atoms with van der Waals surface area (Å²) in [5.74, 6) is -0.0229. The Morgan fingerprint density at radius 1 is 1.59 bits per heavy atom. The van der Waals surface area contributed by atoms with E-state index < -0.39 is 11.9 Å². The van der Waals surface area contributed by atoms with Gasteiger partial charge in [-0.1, -0.05) is 12.1 Å². The first-order valence-electron chi connectivity index (χ1n) is 6.79. The van der Waals surface area contributed by atoms with Crippen molar-refractivity contribution in [2.45, 2.75) is 26.0 Å². The highest BCUT2D eigenvalue weighted by atomic mass is 32.1. The molecule has 118 valence electrons. The third kappa shape index (κ3) is 4.22. The molecular weight excluding hydrogens is 307 g/mol. The van der Waals surface area contributed by atoms with E-state index in [1.807, 2.05) is 6.92 Å². The number of hydrogen-bond acceptors (Lipinski definition) is 4. The van der Waals surface area contributed by atoms with Crippen molar-refractivity contribution >= 4 is 18.1 Å². The summed E-state index contributed by atoms with van der Waals surface area (Å²) >= 11 is 5.05. The summed E-state index contributed by atoms with van der Waals surface area (Å²) in [6, 6.07) is 5.57. The van der Waals surface area contributed by atoms with Gasteiger partial charge < -0.3 is 15.0 Å². The first-order valence-corrected chi connectivity index (χ1v) is 7.20. The van der Waals surface area contributed by atoms with Crippen molar-refractivity contribution < 1.29 is 14.3 Å². The maximum absolute atomic E-state index is 13.1. The first kappa shape index (κ1) is 16.3. The molecule has 3 N–H and O–H groups in total. The van der Waals surface area contributed by atoms with E-state index in [1.165, 1.54) is 18.2 Å². The molecule has 0 bridgehead atoms. The molecular formula is C14H17FN4O2S. The van der Waals surface area contributed by atoms with Crippen molar-refractivity contribution in [3.63, 3.8) is 0 Å². The summed E-state index contributed by atoms with van der Waals surface area (Å²) in [6.45, 7) is 2.66. The molecule has 0 aliphatic carbocycles. The minimum atomic E-state index is -1.03. The molecule has 8 heteroatoms. The van der Waals surface area contributed by atoms with E-state index in [4.69, 9.17) is 12.2 Å². The lowest BCUT2D eigenvalue weighted by Crippen LogP contribution is -2.28. The van der Waals surface area contributed by atoms with Crippen LogP contribution in [0.25, 0.3) is 0 Å². The third-order valence-corrected chi connectivity index (χ3v) is 3.53. The number of H-pyrrole nitrogens is 1. The predicted octanol–water partition coefficient (Wildman–Crippen LogP) is 1.63. The molecule has 1 heterocycles. The lowest BCUT2D eigenvalue weighted by molar-refractivity contribution is -0.123. The normalized spacial score (nSPS) is 12.1. The number of carbonyl (C=O) groups excluding carboxylic acids is 1. The van der Waals surface area contributed by atoms with Crippen LogP contribution in [0.1, 0.15) is 23.9 Å². The average Bonchev–Trinajstić information content (AvgIpc) is 2.79. The van der Waals surface area contributed by atoms with Crippen molar-refractivity contribution in [3.05, 3.63) is 46.2 Å². The smallest absolute Gasteiger partial charge is 0.223 e. The lowest BCUT2D eigenvalue weighted by atomic mass is 10.1. The molecule has 2 rings (SSSR count). The molecule has 1 aromatic carbocycles. The number of hydrogen-bond donors (Lipinski definition) is 3. The molecule has 0 saturated heterocycles. The number of aromatic nitrogens is 3. The molecule has 1 amide bonds. The summed E-state index contributed by atoms with van der Waals surface area (Å²) in [5, 5.41) is 19.2. The summed E-state index contributed by atoms with van der Waals surface area (Å²) in [4.78, 5) is 11.8. The second-order valence-corrected chi connectivity index (χ2v) is 5.24. The van der Waals surface area contributed by atoms with Crippen LogP contribution in [0, 0.1) is 17.5 Å². The number of aliphatic hydroxyl groups excluding tert-OH is 1. The Morgan fingerprint density at radius 3 is 3.00 bits per heavy atom. The zero-order chi connectivity index (χ0) is 16.1. The summed E-state index contributed by atoms with van der Waals surface area (Å²) in [6.07, 6.45) is -1.16. The third-order valence-electron chi connectivity index (χ3n) is 3.22.